The fraction of sp³-hybridized carbons (Fsp3) is 0.400. The van der Waals surface area contributed by atoms with E-state index in [1.807, 2.05) is 24.3 Å². The Morgan fingerprint density at radius 2 is 1.88 bits per heavy atom. The average molecular weight is 357 g/mol. The fourth-order valence-electron chi connectivity index (χ4n) is 2.71. The van der Waals surface area contributed by atoms with E-state index in [2.05, 4.69) is 29.4 Å². The van der Waals surface area contributed by atoms with Gasteiger partial charge < -0.3 is 15.0 Å². The van der Waals surface area contributed by atoms with Crippen LogP contribution in [0.25, 0.3) is 0 Å². The predicted octanol–water partition coefficient (Wildman–Crippen LogP) is 3.85. The van der Waals surface area contributed by atoms with E-state index in [1.165, 1.54) is 5.56 Å². The van der Waals surface area contributed by atoms with E-state index in [1.54, 1.807) is 19.1 Å². The highest BCUT2D eigenvalue weighted by Gasteiger charge is 2.15. The maximum absolute atomic E-state index is 11.2. The van der Waals surface area contributed by atoms with Crippen molar-refractivity contribution in [2.24, 2.45) is 0 Å². The number of rotatable bonds is 11. The van der Waals surface area contributed by atoms with Crippen molar-refractivity contribution in [1.29, 1.82) is 0 Å². The van der Waals surface area contributed by atoms with E-state index in [9.17, 15) is 10.1 Å². The minimum atomic E-state index is -0.326. The zero-order valence-corrected chi connectivity index (χ0v) is 15.5. The van der Waals surface area contributed by atoms with Gasteiger partial charge in [0.25, 0.3) is 5.69 Å². The van der Waals surface area contributed by atoms with Crippen molar-refractivity contribution in [2.45, 2.75) is 20.0 Å². The lowest BCUT2D eigenvalue weighted by molar-refractivity contribution is -0.384. The van der Waals surface area contributed by atoms with Crippen LogP contribution in [0, 0.1) is 17.0 Å². The molecular formula is C20H27N3O3. The van der Waals surface area contributed by atoms with E-state index >= 15 is 0 Å². The second-order valence-corrected chi connectivity index (χ2v) is 6.35. The van der Waals surface area contributed by atoms with Crippen LogP contribution in [0.4, 0.5) is 11.4 Å². The van der Waals surface area contributed by atoms with Gasteiger partial charge in [-0.3, -0.25) is 10.1 Å². The van der Waals surface area contributed by atoms with E-state index in [4.69, 9.17) is 4.74 Å². The molecule has 140 valence electrons. The molecule has 0 atom stereocenters. The zero-order valence-electron chi connectivity index (χ0n) is 15.5. The number of hydrogen-bond acceptors (Lipinski definition) is 5. The van der Waals surface area contributed by atoms with Crippen molar-refractivity contribution in [1.82, 2.24) is 4.90 Å². The van der Waals surface area contributed by atoms with Crippen LogP contribution in [0.5, 0.6) is 0 Å². The van der Waals surface area contributed by atoms with Crippen LogP contribution in [0.3, 0.4) is 0 Å². The molecule has 6 nitrogen and oxygen atoms in total. The second-order valence-electron chi connectivity index (χ2n) is 6.35. The van der Waals surface area contributed by atoms with E-state index in [0.717, 1.165) is 19.5 Å². The van der Waals surface area contributed by atoms with E-state index in [0.29, 0.717) is 31.0 Å². The molecule has 2 rings (SSSR count). The standard InChI is InChI=1S/C20H27N3O3/c1-17-8-6-11-19(20(17)23(24)25)21-12-7-13-22(2)14-15-26-16-18-9-4-3-5-10-18/h3-6,8-11,21H,7,12-16H2,1-2H3. The SMILES string of the molecule is Cc1cccc(NCCCN(C)CCOCc2ccccc2)c1[N+](=O)[O-]. The Bertz CT molecular complexity index is 692. The van der Waals surface area contributed by atoms with Gasteiger partial charge in [-0.1, -0.05) is 42.5 Å². The fourth-order valence-corrected chi connectivity index (χ4v) is 2.71. The van der Waals surface area contributed by atoms with Crippen LogP contribution >= 0.6 is 0 Å². The van der Waals surface area contributed by atoms with Gasteiger partial charge in [-0.05, 0) is 38.6 Å². The molecule has 0 radical (unpaired) electrons. The summed E-state index contributed by atoms with van der Waals surface area (Å²) in [4.78, 5) is 13.1. The third-order valence-electron chi connectivity index (χ3n) is 4.18. The first kappa shape index (κ1) is 19.9. The molecule has 0 fully saturated rings. The molecule has 0 aromatic heterocycles. The van der Waals surface area contributed by atoms with Crippen LogP contribution in [0.2, 0.25) is 0 Å². The number of benzene rings is 2. The summed E-state index contributed by atoms with van der Waals surface area (Å²) in [5.41, 5.74) is 2.60. The van der Waals surface area contributed by atoms with Gasteiger partial charge >= 0.3 is 0 Å². The number of hydrogen-bond donors (Lipinski definition) is 1. The van der Waals surface area contributed by atoms with Gasteiger partial charge in [0, 0.05) is 18.7 Å². The number of nitrogens with zero attached hydrogens (tertiary/aromatic N) is 2. The third-order valence-corrected chi connectivity index (χ3v) is 4.18. The largest absolute Gasteiger partial charge is 0.379 e. The summed E-state index contributed by atoms with van der Waals surface area (Å²) in [6, 6.07) is 15.5. The Labute approximate surface area is 154 Å². The van der Waals surface area contributed by atoms with Crippen molar-refractivity contribution in [2.75, 3.05) is 38.6 Å². The number of nitro groups is 1. The summed E-state index contributed by atoms with van der Waals surface area (Å²) in [5, 5.41) is 14.4. The molecule has 0 heterocycles. The van der Waals surface area contributed by atoms with Gasteiger partial charge in [-0.15, -0.1) is 0 Å². The summed E-state index contributed by atoms with van der Waals surface area (Å²) in [6.07, 6.45) is 0.903. The topological polar surface area (TPSA) is 67.6 Å². The number of anilines is 1. The van der Waals surface area contributed by atoms with Gasteiger partial charge in [0.2, 0.25) is 0 Å². The number of aryl methyl sites for hydroxylation is 1. The molecule has 26 heavy (non-hydrogen) atoms. The van der Waals surface area contributed by atoms with Crippen molar-refractivity contribution >= 4 is 11.4 Å². The average Bonchev–Trinajstić information content (AvgIpc) is 2.63. The number of para-hydroxylation sites is 1. The summed E-state index contributed by atoms with van der Waals surface area (Å²) < 4.78 is 5.69. The highest BCUT2D eigenvalue weighted by atomic mass is 16.6. The van der Waals surface area contributed by atoms with Crippen LogP contribution < -0.4 is 5.32 Å². The Kier molecular flexibility index (Phi) is 8.05. The van der Waals surface area contributed by atoms with Crippen LogP contribution in [0.1, 0.15) is 17.5 Å². The van der Waals surface area contributed by atoms with Gasteiger partial charge in [-0.2, -0.15) is 0 Å². The first-order chi connectivity index (χ1) is 12.6. The molecule has 0 aliphatic carbocycles. The minimum Gasteiger partial charge on any atom is -0.379 e. The molecule has 2 aromatic rings. The van der Waals surface area contributed by atoms with Gasteiger partial charge in [-0.25, -0.2) is 0 Å². The normalized spacial score (nSPS) is 10.9. The number of likely N-dealkylation sites (N-methyl/N-ethyl adjacent to an activating group) is 1. The molecule has 1 N–H and O–H groups in total. The molecule has 6 heteroatoms. The summed E-state index contributed by atoms with van der Waals surface area (Å²) in [5.74, 6) is 0. The molecule has 0 unspecified atom stereocenters. The zero-order chi connectivity index (χ0) is 18.8. The van der Waals surface area contributed by atoms with E-state index in [-0.39, 0.29) is 10.6 Å². The second kappa shape index (κ2) is 10.5. The van der Waals surface area contributed by atoms with Crippen LogP contribution in [-0.4, -0.2) is 43.1 Å². The van der Waals surface area contributed by atoms with Crippen molar-refractivity contribution < 1.29 is 9.66 Å². The Morgan fingerprint density at radius 1 is 1.12 bits per heavy atom. The minimum absolute atomic E-state index is 0.162. The lowest BCUT2D eigenvalue weighted by Crippen LogP contribution is -2.25. The predicted molar refractivity (Wildman–Crippen MR) is 105 cm³/mol. The Morgan fingerprint density at radius 3 is 2.62 bits per heavy atom. The van der Waals surface area contributed by atoms with Crippen LogP contribution in [0.15, 0.2) is 48.5 Å². The highest BCUT2D eigenvalue weighted by Crippen LogP contribution is 2.27. The molecular weight excluding hydrogens is 330 g/mol. The third kappa shape index (κ3) is 6.46. The first-order valence-electron chi connectivity index (χ1n) is 8.86. The summed E-state index contributed by atoms with van der Waals surface area (Å²) in [7, 11) is 2.06. The summed E-state index contributed by atoms with van der Waals surface area (Å²) >= 11 is 0. The number of nitrogens with one attached hydrogen (secondary N) is 1. The lowest BCUT2D eigenvalue weighted by Gasteiger charge is -2.17. The van der Waals surface area contributed by atoms with Gasteiger partial charge in [0.15, 0.2) is 0 Å². The molecule has 2 aromatic carbocycles. The molecule has 0 aliphatic rings. The molecule has 0 spiro atoms. The molecule has 0 saturated carbocycles. The number of nitro benzene ring substituents is 1. The molecule has 0 saturated heterocycles. The maximum atomic E-state index is 11.2. The Balaban J connectivity index is 1.62. The van der Waals surface area contributed by atoms with Gasteiger partial charge in [0.05, 0.1) is 18.1 Å². The molecule has 0 amide bonds. The lowest BCUT2D eigenvalue weighted by atomic mass is 10.1. The van der Waals surface area contributed by atoms with Crippen molar-refractivity contribution in [3.63, 3.8) is 0 Å². The van der Waals surface area contributed by atoms with Crippen molar-refractivity contribution in [3.8, 4) is 0 Å². The van der Waals surface area contributed by atoms with Gasteiger partial charge in [0.1, 0.15) is 5.69 Å². The summed E-state index contributed by atoms with van der Waals surface area (Å²) in [6.45, 7) is 5.53. The van der Waals surface area contributed by atoms with Crippen molar-refractivity contribution in [3.05, 3.63) is 69.8 Å². The van der Waals surface area contributed by atoms with Crippen LogP contribution in [-0.2, 0) is 11.3 Å². The molecule has 0 bridgehead atoms. The quantitative estimate of drug-likeness (QED) is 0.376. The number of ether oxygens (including phenoxy) is 1. The maximum Gasteiger partial charge on any atom is 0.295 e. The monoisotopic (exact) mass is 357 g/mol. The highest BCUT2D eigenvalue weighted by molar-refractivity contribution is 5.64. The smallest absolute Gasteiger partial charge is 0.295 e. The van der Waals surface area contributed by atoms with E-state index < -0.39 is 0 Å². The molecule has 0 aliphatic heterocycles. The first-order valence-corrected chi connectivity index (χ1v) is 8.86. The Hall–Kier alpha value is -2.44.